The first-order valence-corrected chi connectivity index (χ1v) is 4.06. The van der Waals surface area contributed by atoms with Gasteiger partial charge in [0.25, 0.3) is 0 Å². The van der Waals surface area contributed by atoms with Gasteiger partial charge in [0.15, 0.2) is 0 Å². The number of hydrogen-bond donors (Lipinski definition) is 1. The molecule has 0 radical (unpaired) electrons. The van der Waals surface area contributed by atoms with Gasteiger partial charge in [0.1, 0.15) is 5.75 Å². The van der Waals surface area contributed by atoms with E-state index in [9.17, 15) is 4.79 Å². The smallest absolute Gasteiger partial charge is 0.221 e. The molecule has 0 bridgehead atoms. The van der Waals surface area contributed by atoms with E-state index in [1.54, 1.807) is 7.11 Å². The number of carbonyl (C=O) groups is 1. The highest BCUT2D eigenvalue weighted by molar-refractivity contribution is 5.89. The van der Waals surface area contributed by atoms with Gasteiger partial charge < -0.3 is 10.1 Å². The van der Waals surface area contributed by atoms with Gasteiger partial charge in [-0.25, -0.2) is 0 Å². The topological polar surface area (TPSA) is 38.3 Å². The molecule has 0 saturated carbocycles. The van der Waals surface area contributed by atoms with E-state index in [0.29, 0.717) is 0 Å². The van der Waals surface area contributed by atoms with E-state index < -0.39 is 0 Å². The van der Waals surface area contributed by atoms with Crippen LogP contribution in [0.15, 0.2) is 18.2 Å². The monoisotopic (exact) mass is 179 g/mol. The lowest BCUT2D eigenvalue weighted by Crippen LogP contribution is -2.07. The Morgan fingerprint density at radius 2 is 2.15 bits per heavy atom. The van der Waals surface area contributed by atoms with Crippen molar-refractivity contribution in [3.05, 3.63) is 23.8 Å². The van der Waals surface area contributed by atoms with Crippen LogP contribution < -0.4 is 10.1 Å². The van der Waals surface area contributed by atoms with Crippen LogP contribution >= 0.6 is 0 Å². The molecule has 0 heterocycles. The Morgan fingerprint density at radius 1 is 1.46 bits per heavy atom. The molecular weight excluding hydrogens is 166 g/mol. The molecule has 0 fully saturated rings. The maximum absolute atomic E-state index is 10.8. The molecule has 70 valence electrons. The summed E-state index contributed by atoms with van der Waals surface area (Å²) in [6.07, 6.45) is 0. The summed E-state index contributed by atoms with van der Waals surface area (Å²) in [4.78, 5) is 10.8. The molecule has 0 aliphatic heterocycles. The summed E-state index contributed by atoms with van der Waals surface area (Å²) >= 11 is 0. The molecule has 3 heteroatoms. The normalized spacial score (nSPS) is 9.46. The molecule has 0 atom stereocenters. The van der Waals surface area contributed by atoms with Crippen molar-refractivity contribution in [1.29, 1.82) is 0 Å². The van der Waals surface area contributed by atoms with E-state index in [4.69, 9.17) is 4.74 Å². The van der Waals surface area contributed by atoms with Crippen LogP contribution in [-0.2, 0) is 4.79 Å². The van der Waals surface area contributed by atoms with Crippen molar-refractivity contribution in [3.8, 4) is 5.75 Å². The van der Waals surface area contributed by atoms with E-state index in [1.165, 1.54) is 6.92 Å². The first-order chi connectivity index (χ1) is 6.15. The highest BCUT2D eigenvalue weighted by Gasteiger charge is 2.04. The minimum atomic E-state index is -0.0728. The number of ether oxygens (including phenoxy) is 1. The van der Waals surface area contributed by atoms with Crippen LogP contribution in [0.3, 0.4) is 0 Å². The minimum Gasteiger partial charge on any atom is -0.496 e. The molecule has 13 heavy (non-hydrogen) atoms. The number of amides is 1. The average Bonchev–Trinajstić information content (AvgIpc) is 2.08. The molecule has 1 aromatic rings. The number of rotatable bonds is 2. The second-order valence-electron chi connectivity index (χ2n) is 2.81. The van der Waals surface area contributed by atoms with Crippen LogP contribution in [0.1, 0.15) is 12.5 Å². The molecule has 0 unspecified atom stereocenters. The molecule has 3 nitrogen and oxygen atoms in total. The van der Waals surface area contributed by atoms with Crippen LogP contribution in [0.25, 0.3) is 0 Å². The molecule has 0 spiro atoms. The van der Waals surface area contributed by atoms with Gasteiger partial charge >= 0.3 is 0 Å². The molecule has 1 aromatic carbocycles. The summed E-state index contributed by atoms with van der Waals surface area (Å²) in [6, 6.07) is 5.55. The molecule has 1 amide bonds. The third-order valence-corrected chi connectivity index (χ3v) is 1.81. The van der Waals surface area contributed by atoms with E-state index in [2.05, 4.69) is 5.32 Å². The third kappa shape index (κ3) is 2.21. The number of methoxy groups -OCH3 is 1. The molecular formula is C10H13NO2. The van der Waals surface area contributed by atoms with Gasteiger partial charge in [-0.3, -0.25) is 4.79 Å². The van der Waals surface area contributed by atoms with Crippen molar-refractivity contribution in [2.45, 2.75) is 13.8 Å². The van der Waals surface area contributed by atoms with Crippen molar-refractivity contribution in [2.75, 3.05) is 12.4 Å². The fourth-order valence-electron chi connectivity index (χ4n) is 1.16. The Balaban J connectivity index is 3.01. The highest BCUT2D eigenvalue weighted by Crippen LogP contribution is 2.24. The van der Waals surface area contributed by atoms with Gasteiger partial charge in [-0.2, -0.15) is 0 Å². The van der Waals surface area contributed by atoms with E-state index in [-0.39, 0.29) is 5.91 Å². The standard InChI is InChI=1S/C10H13NO2/c1-7-9(11-8(2)12)5-4-6-10(7)13-3/h4-6H,1-3H3,(H,11,12). The number of hydrogen-bond acceptors (Lipinski definition) is 2. The first-order valence-electron chi connectivity index (χ1n) is 4.06. The van der Waals surface area contributed by atoms with Crippen molar-refractivity contribution < 1.29 is 9.53 Å². The van der Waals surface area contributed by atoms with Crippen LogP contribution in [0.5, 0.6) is 5.75 Å². The molecule has 1 N–H and O–H groups in total. The van der Waals surface area contributed by atoms with Crippen LogP contribution in [-0.4, -0.2) is 13.0 Å². The number of benzene rings is 1. The lowest BCUT2D eigenvalue weighted by molar-refractivity contribution is -0.114. The maximum Gasteiger partial charge on any atom is 0.221 e. The number of nitrogens with one attached hydrogen (secondary N) is 1. The second kappa shape index (κ2) is 3.94. The predicted molar refractivity (Wildman–Crippen MR) is 52.0 cm³/mol. The molecule has 1 rings (SSSR count). The van der Waals surface area contributed by atoms with Crippen molar-refractivity contribution in [2.24, 2.45) is 0 Å². The quantitative estimate of drug-likeness (QED) is 0.753. The van der Waals surface area contributed by atoms with Gasteiger partial charge in [-0.15, -0.1) is 0 Å². The Labute approximate surface area is 77.7 Å². The fourth-order valence-corrected chi connectivity index (χ4v) is 1.16. The zero-order valence-corrected chi connectivity index (χ0v) is 8.05. The van der Waals surface area contributed by atoms with Gasteiger partial charge in [0.2, 0.25) is 5.91 Å². The molecule has 0 aliphatic rings. The number of anilines is 1. The number of carbonyl (C=O) groups excluding carboxylic acids is 1. The first kappa shape index (κ1) is 9.58. The third-order valence-electron chi connectivity index (χ3n) is 1.81. The Kier molecular flexibility index (Phi) is 2.90. The van der Waals surface area contributed by atoms with Gasteiger partial charge in [-0.1, -0.05) is 6.07 Å². The minimum absolute atomic E-state index is 0.0728. The summed E-state index contributed by atoms with van der Waals surface area (Å²) in [5.74, 6) is 0.711. The van der Waals surface area contributed by atoms with E-state index >= 15 is 0 Å². The largest absolute Gasteiger partial charge is 0.496 e. The lowest BCUT2D eigenvalue weighted by Gasteiger charge is -2.09. The van der Waals surface area contributed by atoms with Gasteiger partial charge in [0, 0.05) is 18.2 Å². The van der Waals surface area contributed by atoms with E-state index in [0.717, 1.165) is 17.0 Å². The van der Waals surface area contributed by atoms with Gasteiger partial charge in [-0.05, 0) is 19.1 Å². The van der Waals surface area contributed by atoms with Crippen LogP contribution in [0.4, 0.5) is 5.69 Å². The highest BCUT2D eigenvalue weighted by atomic mass is 16.5. The average molecular weight is 179 g/mol. The Hall–Kier alpha value is -1.51. The summed E-state index contributed by atoms with van der Waals surface area (Å²) in [7, 11) is 1.61. The zero-order chi connectivity index (χ0) is 9.84. The predicted octanol–water partition coefficient (Wildman–Crippen LogP) is 1.96. The van der Waals surface area contributed by atoms with Crippen molar-refractivity contribution in [3.63, 3.8) is 0 Å². The Bertz CT molecular complexity index is 321. The SMILES string of the molecule is COc1cccc(NC(C)=O)c1C. The summed E-state index contributed by atoms with van der Waals surface area (Å²) in [5.41, 5.74) is 1.74. The van der Waals surface area contributed by atoms with Crippen molar-refractivity contribution in [1.82, 2.24) is 0 Å². The van der Waals surface area contributed by atoms with E-state index in [1.807, 2.05) is 25.1 Å². The van der Waals surface area contributed by atoms with Crippen LogP contribution in [0, 0.1) is 6.92 Å². The summed E-state index contributed by atoms with van der Waals surface area (Å²) < 4.78 is 5.12. The fraction of sp³-hybridized carbons (Fsp3) is 0.300. The van der Waals surface area contributed by atoms with Crippen molar-refractivity contribution >= 4 is 11.6 Å². The second-order valence-corrected chi connectivity index (χ2v) is 2.81. The molecule has 0 saturated heterocycles. The van der Waals surface area contributed by atoms with Gasteiger partial charge in [0.05, 0.1) is 7.11 Å². The Morgan fingerprint density at radius 3 is 2.69 bits per heavy atom. The molecule has 0 aliphatic carbocycles. The summed E-state index contributed by atoms with van der Waals surface area (Å²) in [6.45, 7) is 3.39. The summed E-state index contributed by atoms with van der Waals surface area (Å²) in [5, 5.41) is 2.73. The van der Waals surface area contributed by atoms with Crippen LogP contribution in [0.2, 0.25) is 0 Å². The zero-order valence-electron chi connectivity index (χ0n) is 8.05. The maximum atomic E-state index is 10.8. The molecule has 0 aromatic heterocycles. The lowest BCUT2D eigenvalue weighted by atomic mass is 10.2.